The second-order valence-corrected chi connectivity index (χ2v) is 8.37. The van der Waals surface area contributed by atoms with Gasteiger partial charge in [0.15, 0.2) is 11.6 Å². The first kappa shape index (κ1) is 23.2. The van der Waals surface area contributed by atoms with Crippen LogP contribution in [0.25, 0.3) is 10.8 Å². The number of likely N-dealkylation sites (N-methyl/N-ethyl adjacent to an activating group) is 1. The molecule has 176 valence electrons. The first-order chi connectivity index (χ1) is 16.1. The highest BCUT2D eigenvalue weighted by Gasteiger charge is 2.49. The van der Waals surface area contributed by atoms with E-state index in [0.717, 1.165) is 39.1 Å². The van der Waals surface area contributed by atoms with Crippen LogP contribution in [0.4, 0.5) is 13.6 Å². The summed E-state index contributed by atoms with van der Waals surface area (Å²) in [7, 11) is 3.18. The molecule has 1 atom stereocenters. The standard InChI is InChI=1S/C25H23F2N3O4/c1-25(18-7-9-20(26)21(27)12-18)23(32)30(24(33)28-25)14-22(31)29(2)13-15-4-5-17-11-19(34-3)8-6-16(17)10-15/h4-12H,13-14H2,1-3H3,(H,28,33)/t25-/m0/s1. The van der Waals surface area contributed by atoms with E-state index in [1.54, 1.807) is 14.2 Å². The van der Waals surface area contributed by atoms with Gasteiger partial charge in [0.2, 0.25) is 5.91 Å². The number of fused-ring (bicyclic) bond motifs is 1. The maximum absolute atomic E-state index is 13.7. The third kappa shape index (κ3) is 4.16. The molecular formula is C25H23F2N3O4. The maximum Gasteiger partial charge on any atom is 0.325 e. The van der Waals surface area contributed by atoms with Crippen molar-refractivity contribution < 1.29 is 27.9 Å². The number of halogens is 2. The summed E-state index contributed by atoms with van der Waals surface area (Å²) in [4.78, 5) is 40.5. The van der Waals surface area contributed by atoms with E-state index in [-0.39, 0.29) is 12.1 Å². The molecule has 9 heteroatoms. The van der Waals surface area contributed by atoms with Crippen LogP contribution in [0.5, 0.6) is 5.75 Å². The molecular weight excluding hydrogens is 444 g/mol. The van der Waals surface area contributed by atoms with Gasteiger partial charge in [-0.05, 0) is 59.2 Å². The minimum absolute atomic E-state index is 0.0841. The highest BCUT2D eigenvalue weighted by molar-refractivity contribution is 6.09. The summed E-state index contributed by atoms with van der Waals surface area (Å²) < 4.78 is 32.2. The van der Waals surface area contributed by atoms with Crippen LogP contribution in [-0.4, -0.2) is 48.3 Å². The van der Waals surface area contributed by atoms with Crippen molar-refractivity contribution in [1.29, 1.82) is 0 Å². The highest BCUT2D eigenvalue weighted by atomic mass is 19.2. The summed E-state index contributed by atoms with van der Waals surface area (Å²) in [6.07, 6.45) is 0. The van der Waals surface area contributed by atoms with Gasteiger partial charge in [-0.3, -0.25) is 14.5 Å². The zero-order valence-corrected chi connectivity index (χ0v) is 18.9. The summed E-state index contributed by atoms with van der Waals surface area (Å²) in [6.45, 7) is 1.17. The van der Waals surface area contributed by atoms with Gasteiger partial charge >= 0.3 is 6.03 Å². The van der Waals surface area contributed by atoms with Crippen molar-refractivity contribution in [2.24, 2.45) is 0 Å². The van der Waals surface area contributed by atoms with Crippen LogP contribution in [0, 0.1) is 11.6 Å². The molecule has 0 saturated carbocycles. The lowest BCUT2D eigenvalue weighted by molar-refractivity contribution is -0.138. The largest absolute Gasteiger partial charge is 0.497 e. The Morgan fingerprint density at radius 2 is 1.74 bits per heavy atom. The molecule has 34 heavy (non-hydrogen) atoms. The number of ether oxygens (including phenoxy) is 1. The molecule has 1 aliphatic rings. The molecule has 4 amide bonds. The molecule has 1 saturated heterocycles. The number of urea groups is 1. The summed E-state index contributed by atoms with van der Waals surface area (Å²) in [5.74, 6) is -2.62. The Kier molecular flexibility index (Phi) is 5.95. The highest BCUT2D eigenvalue weighted by Crippen LogP contribution is 2.30. The number of imide groups is 1. The van der Waals surface area contributed by atoms with Crippen LogP contribution in [0.15, 0.2) is 54.6 Å². The Morgan fingerprint density at radius 1 is 1.03 bits per heavy atom. The summed E-state index contributed by atoms with van der Waals surface area (Å²) in [5, 5.41) is 4.46. The van der Waals surface area contributed by atoms with Crippen molar-refractivity contribution in [3.63, 3.8) is 0 Å². The van der Waals surface area contributed by atoms with E-state index in [1.165, 1.54) is 17.9 Å². The van der Waals surface area contributed by atoms with Crippen molar-refractivity contribution in [2.75, 3.05) is 20.7 Å². The normalized spacial score (nSPS) is 17.7. The van der Waals surface area contributed by atoms with Gasteiger partial charge in [0, 0.05) is 13.6 Å². The van der Waals surface area contributed by atoms with E-state index >= 15 is 0 Å². The third-order valence-electron chi connectivity index (χ3n) is 6.02. The number of hydrogen-bond acceptors (Lipinski definition) is 4. The van der Waals surface area contributed by atoms with E-state index in [9.17, 15) is 23.2 Å². The van der Waals surface area contributed by atoms with Crippen LogP contribution >= 0.6 is 0 Å². The number of methoxy groups -OCH3 is 1. The number of rotatable bonds is 6. The average molecular weight is 467 g/mol. The fourth-order valence-corrected chi connectivity index (χ4v) is 3.96. The number of amides is 4. The van der Waals surface area contributed by atoms with Crippen LogP contribution in [0.1, 0.15) is 18.1 Å². The van der Waals surface area contributed by atoms with Crippen molar-refractivity contribution >= 4 is 28.6 Å². The predicted octanol–water partition coefficient (Wildman–Crippen LogP) is 3.55. The van der Waals surface area contributed by atoms with Crippen molar-refractivity contribution in [3.8, 4) is 5.75 Å². The van der Waals surface area contributed by atoms with Crippen LogP contribution in [0.2, 0.25) is 0 Å². The third-order valence-corrected chi connectivity index (χ3v) is 6.02. The molecule has 4 rings (SSSR count). The van der Waals surface area contributed by atoms with Gasteiger partial charge in [-0.1, -0.05) is 24.3 Å². The van der Waals surface area contributed by atoms with Crippen molar-refractivity contribution in [3.05, 3.63) is 77.4 Å². The van der Waals surface area contributed by atoms with Gasteiger partial charge in [-0.25, -0.2) is 13.6 Å². The quantitative estimate of drug-likeness (QED) is 0.563. The fourth-order valence-electron chi connectivity index (χ4n) is 3.96. The Hall–Kier alpha value is -4.01. The van der Waals surface area contributed by atoms with Gasteiger partial charge in [0.05, 0.1) is 7.11 Å². The molecule has 0 radical (unpaired) electrons. The van der Waals surface area contributed by atoms with E-state index in [1.807, 2.05) is 36.4 Å². The lowest BCUT2D eigenvalue weighted by Crippen LogP contribution is -2.43. The van der Waals surface area contributed by atoms with Crippen LogP contribution in [-0.2, 0) is 21.7 Å². The molecule has 1 aliphatic heterocycles. The number of carbonyl (C=O) groups excluding carboxylic acids is 3. The number of nitrogens with zero attached hydrogens (tertiary/aromatic N) is 2. The molecule has 1 heterocycles. The molecule has 3 aromatic carbocycles. The zero-order chi connectivity index (χ0) is 24.6. The van der Waals surface area contributed by atoms with Gasteiger partial charge in [-0.15, -0.1) is 0 Å². The summed E-state index contributed by atoms with van der Waals surface area (Å²) in [5.41, 5.74) is -0.651. The number of carbonyl (C=O) groups is 3. The SMILES string of the molecule is COc1ccc2cc(CN(C)C(=O)CN3C(=O)N[C@@](C)(c4ccc(F)c(F)c4)C3=O)ccc2c1. The first-order valence-corrected chi connectivity index (χ1v) is 10.5. The predicted molar refractivity (Wildman–Crippen MR) is 121 cm³/mol. The number of benzene rings is 3. The van der Waals surface area contributed by atoms with Gasteiger partial charge in [0.25, 0.3) is 5.91 Å². The molecule has 3 aromatic rings. The second-order valence-electron chi connectivity index (χ2n) is 8.37. The molecule has 1 fully saturated rings. The first-order valence-electron chi connectivity index (χ1n) is 10.5. The van der Waals surface area contributed by atoms with Gasteiger partial charge in [-0.2, -0.15) is 0 Å². The average Bonchev–Trinajstić information content (AvgIpc) is 3.04. The molecule has 0 unspecified atom stereocenters. The minimum atomic E-state index is -1.61. The fraction of sp³-hybridized carbons (Fsp3) is 0.240. The van der Waals surface area contributed by atoms with Gasteiger partial charge in [0.1, 0.15) is 17.8 Å². The minimum Gasteiger partial charge on any atom is -0.497 e. The molecule has 0 bridgehead atoms. The van der Waals surface area contributed by atoms with Crippen molar-refractivity contribution in [1.82, 2.24) is 15.1 Å². The van der Waals surface area contributed by atoms with E-state index in [4.69, 9.17) is 4.74 Å². The zero-order valence-electron chi connectivity index (χ0n) is 18.9. The van der Waals surface area contributed by atoms with E-state index < -0.39 is 41.6 Å². The topological polar surface area (TPSA) is 79.0 Å². The Labute approximate surface area is 194 Å². The van der Waals surface area contributed by atoms with Crippen LogP contribution in [0.3, 0.4) is 0 Å². The summed E-state index contributed by atoms with van der Waals surface area (Å²) >= 11 is 0. The summed E-state index contributed by atoms with van der Waals surface area (Å²) in [6, 6.07) is 13.6. The lowest BCUT2D eigenvalue weighted by Gasteiger charge is -2.23. The van der Waals surface area contributed by atoms with E-state index in [0.29, 0.717) is 0 Å². The molecule has 0 spiro atoms. The van der Waals surface area contributed by atoms with Crippen molar-refractivity contribution in [2.45, 2.75) is 19.0 Å². The Morgan fingerprint density at radius 3 is 2.44 bits per heavy atom. The lowest BCUT2D eigenvalue weighted by atomic mass is 9.92. The number of hydrogen-bond donors (Lipinski definition) is 1. The second kappa shape index (κ2) is 8.74. The Bertz CT molecular complexity index is 1310. The maximum atomic E-state index is 13.7. The monoisotopic (exact) mass is 467 g/mol. The molecule has 1 N–H and O–H groups in total. The molecule has 0 aliphatic carbocycles. The molecule has 7 nitrogen and oxygen atoms in total. The smallest absolute Gasteiger partial charge is 0.325 e. The molecule has 0 aromatic heterocycles. The number of nitrogens with one attached hydrogen (secondary N) is 1. The van der Waals surface area contributed by atoms with Crippen LogP contribution < -0.4 is 10.1 Å². The Balaban J connectivity index is 1.46. The van der Waals surface area contributed by atoms with Gasteiger partial charge < -0.3 is 15.0 Å². The van der Waals surface area contributed by atoms with E-state index in [2.05, 4.69) is 5.32 Å².